The van der Waals surface area contributed by atoms with Gasteiger partial charge in [-0.05, 0) is 36.6 Å². The van der Waals surface area contributed by atoms with Crippen LogP contribution in [0.1, 0.15) is 24.1 Å². The number of rotatable bonds is 6. The molecule has 0 radical (unpaired) electrons. The fourth-order valence-electron chi connectivity index (χ4n) is 3.47. The molecule has 0 aliphatic carbocycles. The molecule has 1 aliphatic heterocycles. The van der Waals surface area contributed by atoms with Gasteiger partial charge < -0.3 is 15.0 Å². The van der Waals surface area contributed by atoms with Crippen LogP contribution in [-0.2, 0) is 6.42 Å². The second-order valence-electron chi connectivity index (χ2n) is 6.94. The van der Waals surface area contributed by atoms with Crippen molar-refractivity contribution in [3.63, 3.8) is 0 Å². The third-order valence-electron chi connectivity index (χ3n) is 5.28. The molecule has 1 unspecified atom stereocenters. The van der Waals surface area contributed by atoms with E-state index in [2.05, 4.69) is 41.4 Å². The van der Waals surface area contributed by atoms with Crippen molar-refractivity contribution in [2.75, 3.05) is 39.8 Å². The van der Waals surface area contributed by atoms with Gasteiger partial charge in [0.05, 0.1) is 7.11 Å². The molecule has 0 spiro atoms. The van der Waals surface area contributed by atoms with Crippen molar-refractivity contribution in [3.8, 4) is 5.75 Å². The average Bonchev–Trinajstić information content (AvgIpc) is 2.74. The number of nitrogens with zero attached hydrogens (tertiary/aromatic N) is 2. The first-order valence-electron chi connectivity index (χ1n) is 9.62. The van der Waals surface area contributed by atoms with Gasteiger partial charge in [0.15, 0.2) is 0 Å². The summed E-state index contributed by atoms with van der Waals surface area (Å²) in [4.78, 5) is 16.8. The van der Waals surface area contributed by atoms with E-state index in [1.807, 2.05) is 35.2 Å². The molecule has 1 heterocycles. The van der Waals surface area contributed by atoms with Gasteiger partial charge in [-0.3, -0.25) is 4.90 Å². The zero-order chi connectivity index (χ0) is 19.1. The molecule has 27 heavy (non-hydrogen) atoms. The second-order valence-corrected chi connectivity index (χ2v) is 6.94. The lowest BCUT2D eigenvalue weighted by atomic mass is 10.1. The highest BCUT2D eigenvalue weighted by molar-refractivity contribution is 5.74. The zero-order valence-electron chi connectivity index (χ0n) is 16.2. The fraction of sp³-hybridized carbons (Fsp3) is 0.409. The molecular formula is C22H29N3O2. The van der Waals surface area contributed by atoms with Crippen molar-refractivity contribution < 1.29 is 9.53 Å². The monoisotopic (exact) mass is 367 g/mol. The van der Waals surface area contributed by atoms with E-state index in [9.17, 15) is 4.79 Å². The quantitative estimate of drug-likeness (QED) is 0.852. The fourth-order valence-corrected chi connectivity index (χ4v) is 3.47. The van der Waals surface area contributed by atoms with Gasteiger partial charge in [-0.1, -0.05) is 42.5 Å². The molecule has 5 heteroatoms. The van der Waals surface area contributed by atoms with E-state index >= 15 is 0 Å². The van der Waals surface area contributed by atoms with Crippen LogP contribution in [0.3, 0.4) is 0 Å². The highest BCUT2D eigenvalue weighted by Crippen LogP contribution is 2.21. The Kier molecular flexibility index (Phi) is 6.71. The molecule has 0 bridgehead atoms. The number of benzene rings is 2. The van der Waals surface area contributed by atoms with Crippen LogP contribution in [-0.4, -0.2) is 55.7 Å². The zero-order valence-corrected chi connectivity index (χ0v) is 16.2. The Hall–Kier alpha value is -2.53. The molecule has 144 valence electrons. The Morgan fingerprint density at radius 1 is 1.04 bits per heavy atom. The minimum atomic E-state index is 0.0375. The minimum Gasteiger partial charge on any atom is -0.497 e. The number of methoxy groups -OCH3 is 1. The lowest BCUT2D eigenvalue weighted by Gasteiger charge is -2.38. The molecule has 1 N–H and O–H groups in total. The number of amides is 2. The first-order valence-corrected chi connectivity index (χ1v) is 9.62. The Labute approximate surface area is 161 Å². The molecule has 1 saturated heterocycles. The Morgan fingerprint density at radius 2 is 1.70 bits per heavy atom. The van der Waals surface area contributed by atoms with Crippen molar-refractivity contribution >= 4 is 6.03 Å². The van der Waals surface area contributed by atoms with E-state index in [0.29, 0.717) is 12.6 Å². The lowest BCUT2D eigenvalue weighted by molar-refractivity contribution is 0.114. The van der Waals surface area contributed by atoms with Gasteiger partial charge in [0.2, 0.25) is 0 Å². The maximum atomic E-state index is 12.4. The number of hydrogen-bond acceptors (Lipinski definition) is 3. The molecule has 0 saturated carbocycles. The number of urea groups is 1. The standard InChI is InChI=1S/C22H29N3O2/c1-18(20-6-4-3-5-7-20)24-14-16-25(17-15-24)22(26)23-13-12-19-8-10-21(27-2)11-9-19/h3-11,18H,12-17H2,1-2H3,(H,23,26). The number of nitrogens with one attached hydrogen (secondary N) is 1. The molecule has 2 amide bonds. The Bertz CT molecular complexity index is 710. The molecule has 1 aliphatic rings. The summed E-state index contributed by atoms with van der Waals surface area (Å²) < 4.78 is 5.16. The van der Waals surface area contributed by atoms with Crippen LogP contribution in [0.5, 0.6) is 5.75 Å². The van der Waals surface area contributed by atoms with Gasteiger partial charge in [-0.25, -0.2) is 4.79 Å². The van der Waals surface area contributed by atoms with E-state index in [0.717, 1.165) is 38.3 Å². The first kappa shape index (κ1) is 19.2. The van der Waals surface area contributed by atoms with Crippen LogP contribution in [0.15, 0.2) is 54.6 Å². The largest absolute Gasteiger partial charge is 0.497 e. The van der Waals surface area contributed by atoms with Crippen molar-refractivity contribution in [3.05, 3.63) is 65.7 Å². The summed E-state index contributed by atoms with van der Waals surface area (Å²) >= 11 is 0. The Morgan fingerprint density at radius 3 is 2.33 bits per heavy atom. The van der Waals surface area contributed by atoms with Crippen molar-refractivity contribution in [1.29, 1.82) is 0 Å². The Balaban J connectivity index is 1.40. The SMILES string of the molecule is COc1ccc(CCNC(=O)N2CCN(C(C)c3ccccc3)CC2)cc1. The van der Waals surface area contributed by atoms with Crippen LogP contribution in [0.2, 0.25) is 0 Å². The van der Waals surface area contributed by atoms with Gasteiger partial charge >= 0.3 is 6.03 Å². The summed E-state index contributed by atoms with van der Waals surface area (Å²) in [5, 5.41) is 3.04. The summed E-state index contributed by atoms with van der Waals surface area (Å²) in [5.41, 5.74) is 2.52. The smallest absolute Gasteiger partial charge is 0.317 e. The molecule has 1 atom stereocenters. The first-order chi connectivity index (χ1) is 13.2. The molecule has 2 aromatic rings. The predicted molar refractivity (Wildman–Crippen MR) is 108 cm³/mol. The summed E-state index contributed by atoms with van der Waals surface area (Å²) in [6.45, 7) is 6.23. The number of hydrogen-bond donors (Lipinski definition) is 1. The maximum absolute atomic E-state index is 12.4. The molecule has 0 aromatic heterocycles. The van der Waals surface area contributed by atoms with Crippen LogP contribution in [0.4, 0.5) is 4.79 Å². The average molecular weight is 367 g/mol. The summed E-state index contributed by atoms with van der Waals surface area (Å²) in [6, 6.07) is 18.9. The van der Waals surface area contributed by atoms with Gasteiger partial charge in [0, 0.05) is 38.8 Å². The summed E-state index contributed by atoms with van der Waals surface area (Å²) in [6.07, 6.45) is 0.820. The van der Waals surface area contributed by atoms with E-state index in [1.54, 1.807) is 7.11 Å². The van der Waals surface area contributed by atoms with Crippen LogP contribution in [0.25, 0.3) is 0 Å². The van der Waals surface area contributed by atoms with E-state index < -0.39 is 0 Å². The molecule has 2 aromatic carbocycles. The molecular weight excluding hydrogens is 338 g/mol. The third kappa shape index (κ3) is 5.23. The lowest BCUT2D eigenvalue weighted by Crippen LogP contribution is -2.52. The van der Waals surface area contributed by atoms with Crippen LogP contribution < -0.4 is 10.1 Å². The van der Waals surface area contributed by atoms with Gasteiger partial charge in [0.25, 0.3) is 0 Å². The van der Waals surface area contributed by atoms with Crippen molar-refractivity contribution in [2.24, 2.45) is 0 Å². The van der Waals surface area contributed by atoms with Crippen LogP contribution in [0, 0.1) is 0 Å². The van der Waals surface area contributed by atoms with Crippen LogP contribution >= 0.6 is 0 Å². The van der Waals surface area contributed by atoms with E-state index in [1.165, 1.54) is 11.1 Å². The predicted octanol–water partition coefficient (Wildman–Crippen LogP) is 3.33. The molecule has 3 rings (SSSR count). The van der Waals surface area contributed by atoms with Gasteiger partial charge in [-0.2, -0.15) is 0 Å². The number of piperazine rings is 1. The maximum Gasteiger partial charge on any atom is 0.317 e. The van der Waals surface area contributed by atoms with Gasteiger partial charge in [0.1, 0.15) is 5.75 Å². The highest BCUT2D eigenvalue weighted by atomic mass is 16.5. The normalized spacial score (nSPS) is 16.0. The topological polar surface area (TPSA) is 44.8 Å². The summed E-state index contributed by atoms with van der Waals surface area (Å²) in [7, 11) is 1.66. The number of carbonyl (C=O) groups excluding carboxylic acids is 1. The van der Waals surface area contributed by atoms with Crippen molar-refractivity contribution in [2.45, 2.75) is 19.4 Å². The number of carbonyl (C=O) groups is 1. The summed E-state index contributed by atoms with van der Waals surface area (Å²) in [5.74, 6) is 0.852. The number of ether oxygens (including phenoxy) is 1. The minimum absolute atomic E-state index is 0.0375. The molecule has 1 fully saturated rings. The second kappa shape index (κ2) is 9.42. The third-order valence-corrected chi connectivity index (χ3v) is 5.28. The van der Waals surface area contributed by atoms with E-state index in [-0.39, 0.29) is 6.03 Å². The van der Waals surface area contributed by atoms with E-state index in [4.69, 9.17) is 4.74 Å². The highest BCUT2D eigenvalue weighted by Gasteiger charge is 2.24. The van der Waals surface area contributed by atoms with Crippen molar-refractivity contribution in [1.82, 2.24) is 15.1 Å². The molecule has 5 nitrogen and oxygen atoms in total. The van der Waals surface area contributed by atoms with Gasteiger partial charge in [-0.15, -0.1) is 0 Å².